The Morgan fingerprint density at radius 1 is 1.59 bits per heavy atom. The van der Waals surface area contributed by atoms with Gasteiger partial charge >= 0.3 is 0 Å². The summed E-state index contributed by atoms with van der Waals surface area (Å²) >= 11 is 5.78. The highest BCUT2D eigenvalue weighted by molar-refractivity contribution is 6.29. The lowest BCUT2D eigenvalue weighted by molar-refractivity contribution is 0.226. The maximum Gasteiger partial charge on any atom is 0.216 e. The quantitative estimate of drug-likeness (QED) is 0.752. The summed E-state index contributed by atoms with van der Waals surface area (Å²) in [6.07, 6.45) is 2.56. The zero-order valence-corrected chi connectivity index (χ0v) is 10.4. The van der Waals surface area contributed by atoms with Crippen molar-refractivity contribution >= 4 is 11.6 Å². The Kier molecular flexibility index (Phi) is 3.82. The van der Waals surface area contributed by atoms with Crippen molar-refractivity contribution in [2.75, 3.05) is 20.2 Å². The molecule has 0 bridgehead atoms. The average Bonchev–Trinajstić information content (AvgIpc) is 3.12. The van der Waals surface area contributed by atoms with Crippen LogP contribution in [0.4, 0.5) is 0 Å². The summed E-state index contributed by atoms with van der Waals surface area (Å²) in [4.78, 5) is 6.29. The molecule has 0 atom stereocenters. The van der Waals surface area contributed by atoms with Gasteiger partial charge in [0.1, 0.15) is 11.8 Å². The van der Waals surface area contributed by atoms with Gasteiger partial charge in [-0.1, -0.05) is 11.6 Å². The van der Waals surface area contributed by atoms with Crippen LogP contribution >= 0.6 is 11.6 Å². The summed E-state index contributed by atoms with van der Waals surface area (Å²) in [6.45, 7) is 1.42. The van der Waals surface area contributed by atoms with Gasteiger partial charge in [0.2, 0.25) is 5.88 Å². The summed E-state index contributed by atoms with van der Waals surface area (Å²) in [5.74, 6) is 0.415. The molecule has 1 saturated carbocycles. The van der Waals surface area contributed by atoms with E-state index in [-0.39, 0.29) is 5.15 Å². The molecule has 0 radical (unpaired) electrons. The van der Waals surface area contributed by atoms with Crippen molar-refractivity contribution < 1.29 is 4.74 Å². The third-order valence-corrected chi connectivity index (χ3v) is 2.96. The van der Waals surface area contributed by atoms with Crippen molar-refractivity contribution in [3.05, 3.63) is 22.8 Å². The highest BCUT2D eigenvalue weighted by Gasteiger charge is 2.25. The van der Waals surface area contributed by atoms with Gasteiger partial charge in [0.05, 0.1) is 11.6 Å². The van der Waals surface area contributed by atoms with Gasteiger partial charge in [-0.05, 0) is 26.0 Å². The standard InChI is InChI=1S/C12H14ClN3O/c1-16(10-2-3-10)4-5-17-12-7-9(8-14)6-11(13)15-12/h6-7,10H,2-5H2,1H3. The van der Waals surface area contributed by atoms with Crippen LogP contribution in [0.1, 0.15) is 18.4 Å². The molecule has 17 heavy (non-hydrogen) atoms. The molecule has 5 heteroatoms. The van der Waals surface area contributed by atoms with Gasteiger partial charge in [-0.15, -0.1) is 0 Å². The molecule has 1 aliphatic carbocycles. The van der Waals surface area contributed by atoms with E-state index in [4.69, 9.17) is 21.6 Å². The normalized spacial score (nSPS) is 14.7. The number of halogens is 1. The van der Waals surface area contributed by atoms with Crippen LogP contribution in [0.25, 0.3) is 0 Å². The van der Waals surface area contributed by atoms with Gasteiger partial charge in [0, 0.05) is 18.7 Å². The fraction of sp³-hybridized carbons (Fsp3) is 0.500. The zero-order valence-electron chi connectivity index (χ0n) is 9.69. The van der Waals surface area contributed by atoms with Gasteiger partial charge in [-0.25, -0.2) is 4.98 Å². The Bertz CT molecular complexity index is 440. The third kappa shape index (κ3) is 3.58. The van der Waals surface area contributed by atoms with Crippen LogP contribution in [0.2, 0.25) is 5.15 Å². The summed E-state index contributed by atoms with van der Waals surface area (Å²) in [5.41, 5.74) is 0.468. The molecule has 1 aromatic heterocycles. The Hall–Kier alpha value is -1.31. The number of hydrogen-bond donors (Lipinski definition) is 0. The lowest BCUT2D eigenvalue weighted by Gasteiger charge is -2.15. The first-order valence-corrected chi connectivity index (χ1v) is 5.97. The van der Waals surface area contributed by atoms with Crippen LogP contribution in [-0.2, 0) is 0 Å². The number of rotatable bonds is 5. The van der Waals surface area contributed by atoms with Crippen molar-refractivity contribution in [2.45, 2.75) is 18.9 Å². The largest absolute Gasteiger partial charge is 0.476 e. The minimum atomic E-state index is 0.287. The summed E-state index contributed by atoms with van der Waals surface area (Å²) in [6, 6.07) is 5.86. The van der Waals surface area contributed by atoms with E-state index in [2.05, 4.69) is 16.9 Å². The van der Waals surface area contributed by atoms with Crippen molar-refractivity contribution in [3.63, 3.8) is 0 Å². The molecule has 2 rings (SSSR count). The number of likely N-dealkylation sites (N-methyl/N-ethyl adjacent to an activating group) is 1. The van der Waals surface area contributed by atoms with Crippen LogP contribution < -0.4 is 4.74 Å². The summed E-state index contributed by atoms with van der Waals surface area (Å²) in [7, 11) is 2.09. The maximum absolute atomic E-state index is 8.78. The molecule has 1 aliphatic rings. The third-order valence-electron chi connectivity index (χ3n) is 2.76. The number of hydrogen-bond acceptors (Lipinski definition) is 4. The first kappa shape index (κ1) is 12.2. The van der Waals surface area contributed by atoms with Gasteiger partial charge in [-0.3, -0.25) is 0 Å². The molecule has 1 aromatic rings. The predicted octanol–water partition coefficient (Wildman–Crippen LogP) is 2.08. The van der Waals surface area contributed by atoms with Crippen molar-refractivity contribution in [1.82, 2.24) is 9.88 Å². The van der Waals surface area contributed by atoms with Crippen LogP contribution in [0, 0.1) is 11.3 Å². The lowest BCUT2D eigenvalue weighted by atomic mass is 10.3. The molecule has 0 aromatic carbocycles. The molecular formula is C12H14ClN3O. The molecule has 0 unspecified atom stereocenters. The first-order chi connectivity index (χ1) is 8.19. The van der Waals surface area contributed by atoms with Gasteiger partial charge in [0.25, 0.3) is 0 Å². The van der Waals surface area contributed by atoms with E-state index in [1.165, 1.54) is 18.9 Å². The van der Waals surface area contributed by atoms with Gasteiger partial charge < -0.3 is 9.64 Å². The van der Waals surface area contributed by atoms with E-state index in [9.17, 15) is 0 Å². The number of nitriles is 1. The Morgan fingerprint density at radius 3 is 3.00 bits per heavy atom. The fourth-order valence-corrected chi connectivity index (χ4v) is 1.80. The smallest absolute Gasteiger partial charge is 0.216 e. The molecule has 4 nitrogen and oxygen atoms in total. The molecule has 90 valence electrons. The van der Waals surface area contributed by atoms with E-state index in [0.29, 0.717) is 18.1 Å². The Labute approximate surface area is 106 Å². The highest BCUT2D eigenvalue weighted by atomic mass is 35.5. The number of aromatic nitrogens is 1. The van der Waals surface area contributed by atoms with Crippen LogP contribution in [0.15, 0.2) is 12.1 Å². The molecule has 0 N–H and O–H groups in total. The van der Waals surface area contributed by atoms with Crippen LogP contribution in [0.5, 0.6) is 5.88 Å². The van der Waals surface area contributed by atoms with Crippen molar-refractivity contribution in [2.24, 2.45) is 0 Å². The van der Waals surface area contributed by atoms with Crippen LogP contribution in [-0.4, -0.2) is 36.1 Å². The van der Waals surface area contributed by atoms with E-state index in [1.54, 1.807) is 6.07 Å². The van der Waals surface area contributed by atoms with Gasteiger partial charge in [-0.2, -0.15) is 5.26 Å². The van der Waals surface area contributed by atoms with E-state index in [1.807, 2.05) is 6.07 Å². The lowest BCUT2D eigenvalue weighted by Crippen LogP contribution is -2.26. The second kappa shape index (κ2) is 5.35. The van der Waals surface area contributed by atoms with E-state index < -0.39 is 0 Å². The molecule has 1 heterocycles. The molecular weight excluding hydrogens is 238 g/mol. The van der Waals surface area contributed by atoms with E-state index in [0.717, 1.165) is 12.6 Å². The fourth-order valence-electron chi connectivity index (χ4n) is 1.60. The molecule has 1 fully saturated rings. The topological polar surface area (TPSA) is 49.1 Å². The predicted molar refractivity (Wildman–Crippen MR) is 65.1 cm³/mol. The molecule has 0 amide bonds. The number of nitrogens with zero attached hydrogens (tertiary/aromatic N) is 3. The second-order valence-electron chi connectivity index (χ2n) is 4.19. The zero-order chi connectivity index (χ0) is 12.3. The molecule has 0 saturated heterocycles. The van der Waals surface area contributed by atoms with Gasteiger partial charge in [0.15, 0.2) is 0 Å². The minimum Gasteiger partial charge on any atom is -0.476 e. The summed E-state index contributed by atoms with van der Waals surface area (Å²) < 4.78 is 5.49. The first-order valence-electron chi connectivity index (χ1n) is 5.60. The van der Waals surface area contributed by atoms with E-state index >= 15 is 0 Å². The minimum absolute atomic E-state index is 0.287. The second-order valence-corrected chi connectivity index (χ2v) is 4.58. The SMILES string of the molecule is CN(CCOc1cc(C#N)cc(Cl)n1)C1CC1. The Morgan fingerprint density at radius 2 is 2.35 bits per heavy atom. The molecule has 0 aliphatic heterocycles. The monoisotopic (exact) mass is 251 g/mol. The maximum atomic E-state index is 8.78. The number of ether oxygens (including phenoxy) is 1. The van der Waals surface area contributed by atoms with Crippen LogP contribution in [0.3, 0.4) is 0 Å². The van der Waals surface area contributed by atoms with Crippen molar-refractivity contribution in [3.8, 4) is 11.9 Å². The average molecular weight is 252 g/mol. The Balaban J connectivity index is 1.85. The van der Waals surface area contributed by atoms with Crippen molar-refractivity contribution in [1.29, 1.82) is 5.26 Å². The molecule has 0 spiro atoms. The highest BCUT2D eigenvalue weighted by Crippen LogP contribution is 2.24. The summed E-state index contributed by atoms with van der Waals surface area (Å²) in [5, 5.41) is 9.07. The number of pyridine rings is 1.